The van der Waals surface area contributed by atoms with E-state index in [1.54, 1.807) is 40.7 Å². The van der Waals surface area contributed by atoms with Crippen molar-refractivity contribution in [2.45, 2.75) is 40.7 Å². The molecule has 0 spiro atoms. The second-order valence-electron chi connectivity index (χ2n) is 5.51. The van der Waals surface area contributed by atoms with Gasteiger partial charge in [-0.05, 0) is 40.7 Å². The first-order valence-electron chi connectivity index (χ1n) is 7.76. The number of esters is 1. The van der Waals surface area contributed by atoms with Gasteiger partial charge in [0.15, 0.2) is 5.13 Å². The highest BCUT2D eigenvalue weighted by molar-refractivity contribution is 7.17. The molecular weight excluding hydrogens is 344 g/mol. The number of hydrogen-bond donors (Lipinski definition) is 1. The van der Waals surface area contributed by atoms with E-state index in [9.17, 15) is 14.4 Å². The van der Waals surface area contributed by atoms with Crippen molar-refractivity contribution in [3.63, 3.8) is 0 Å². The standard InChI is InChI=1S/C16H20N4O4S/c1-6-24-14(22)12-10(4)18-15(25-12)19-13(21)11(5)20-9(3)7-8(2)17-16(20)23/h7,11H,6H2,1-5H3,(H,18,19,21). The Bertz CT molecular complexity index is 872. The Hall–Kier alpha value is -2.55. The zero-order valence-electron chi connectivity index (χ0n) is 14.7. The van der Waals surface area contributed by atoms with Gasteiger partial charge < -0.3 is 10.1 Å². The summed E-state index contributed by atoms with van der Waals surface area (Å²) in [6.45, 7) is 8.71. The van der Waals surface area contributed by atoms with Crippen LogP contribution in [-0.2, 0) is 9.53 Å². The molecule has 0 aliphatic heterocycles. The van der Waals surface area contributed by atoms with Gasteiger partial charge in [-0.3, -0.25) is 9.36 Å². The van der Waals surface area contributed by atoms with Crippen LogP contribution < -0.4 is 11.0 Å². The summed E-state index contributed by atoms with van der Waals surface area (Å²) < 4.78 is 6.27. The molecular formula is C16H20N4O4S. The van der Waals surface area contributed by atoms with E-state index in [0.29, 0.717) is 22.0 Å². The molecule has 2 rings (SSSR count). The smallest absolute Gasteiger partial charge is 0.350 e. The van der Waals surface area contributed by atoms with Crippen LogP contribution in [0.1, 0.15) is 46.6 Å². The number of ether oxygens (including phenoxy) is 1. The fourth-order valence-corrected chi connectivity index (χ4v) is 3.26. The molecule has 0 aliphatic rings. The number of aryl methyl sites for hydroxylation is 3. The van der Waals surface area contributed by atoms with Gasteiger partial charge in [-0.15, -0.1) is 0 Å². The van der Waals surface area contributed by atoms with E-state index in [1.165, 1.54) is 4.57 Å². The summed E-state index contributed by atoms with van der Waals surface area (Å²) in [6, 6.07) is 0.966. The molecule has 2 aromatic heterocycles. The Morgan fingerprint density at radius 1 is 1.32 bits per heavy atom. The van der Waals surface area contributed by atoms with Gasteiger partial charge in [-0.25, -0.2) is 14.6 Å². The molecule has 0 saturated carbocycles. The Balaban J connectivity index is 2.22. The van der Waals surface area contributed by atoms with Gasteiger partial charge in [-0.2, -0.15) is 4.98 Å². The number of hydrogen-bond acceptors (Lipinski definition) is 7. The van der Waals surface area contributed by atoms with E-state index in [4.69, 9.17) is 4.74 Å². The maximum atomic E-state index is 12.5. The molecule has 2 heterocycles. The zero-order chi connectivity index (χ0) is 18.7. The SMILES string of the molecule is CCOC(=O)c1sc(NC(=O)C(C)n2c(C)cc(C)nc2=O)nc1C. The molecule has 1 N–H and O–H groups in total. The fourth-order valence-electron chi connectivity index (χ4n) is 2.39. The van der Waals surface area contributed by atoms with Crippen LogP contribution in [0.3, 0.4) is 0 Å². The van der Waals surface area contributed by atoms with E-state index in [-0.39, 0.29) is 11.7 Å². The number of thiazole rings is 1. The number of nitrogens with one attached hydrogen (secondary N) is 1. The summed E-state index contributed by atoms with van der Waals surface area (Å²) in [7, 11) is 0. The maximum Gasteiger partial charge on any atom is 0.350 e. The summed E-state index contributed by atoms with van der Waals surface area (Å²) in [4.78, 5) is 44.7. The summed E-state index contributed by atoms with van der Waals surface area (Å²) in [5.41, 5.74) is 1.24. The number of rotatable bonds is 5. The fraction of sp³-hybridized carbons (Fsp3) is 0.438. The van der Waals surface area contributed by atoms with E-state index < -0.39 is 23.6 Å². The number of anilines is 1. The first-order chi connectivity index (χ1) is 11.7. The van der Waals surface area contributed by atoms with Crippen molar-refractivity contribution in [2.24, 2.45) is 0 Å². The lowest BCUT2D eigenvalue weighted by Crippen LogP contribution is -2.34. The van der Waals surface area contributed by atoms with E-state index >= 15 is 0 Å². The van der Waals surface area contributed by atoms with Gasteiger partial charge >= 0.3 is 11.7 Å². The molecule has 134 valence electrons. The molecule has 0 radical (unpaired) electrons. The minimum absolute atomic E-state index is 0.261. The summed E-state index contributed by atoms with van der Waals surface area (Å²) >= 11 is 1.04. The first-order valence-corrected chi connectivity index (χ1v) is 8.58. The molecule has 0 aliphatic carbocycles. The molecule has 9 heteroatoms. The van der Waals surface area contributed by atoms with E-state index in [0.717, 1.165) is 11.3 Å². The van der Waals surface area contributed by atoms with Crippen molar-refractivity contribution in [1.82, 2.24) is 14.5 Å². The maximum absolute atomic E-state index is 12.5. The van der Waals surface area contributed by atoms with Crippen LogP contribution in [0.15, 0.2) is 10.9 Å². The normalized spacial score (nSPS) is 11.9. The lowest BCUT2D eigenvalue weighted by atomic mass is 10.2. The topological polar surface area (TPSA) is 103 Å². The van der Waals surface area contributed by atoms with Crippen LogP contribution in [0.5, 0.6) is 0 Å². The third-order valence-corrected chi connectivity index (χ3v) is 4.58. The van der Waals surface area contributed by atoms with Crippen molar-refractivity contribution >= 4 is 28.3 Å². The molecule has 25 heavy (non-hydrogen) atoms. The predicted octanol–water partition coefficient (Wildman–Crippen LogP) is 2.00. The van der Waals surface area contributed by atoms with Gasteiger partial charge in [0, 0.05) is 11.4 Å². The molecule has 8 nitrogen and oxygen atoms in total. The lowest BCUT2D eigenvalue weighted by Gasteiger charge is -2.16. The highest BCUT2D eigenvalue weighted by Crippen LogP contribution is 2.24. The predicted molar refractivity (Wildman–Crippen MR) is 94.1 cm³/mol. The molecule has 2 aromatic rings. The zero-order valence-corrected chi connectivity index (χ0v) is 15.6. The van der Waals surface area contributed by atoms with Crippen molar-refractivity contribution in [1.29, 1.82) is 0 Å². The minimum atomic E-state index is -0.768. The highest BCUT2D eigenvalue weighted by Gasteiger charge is 2.22. The van der Waals surface area contributed by atoms with Gasteiger partial charge in [-0.1, -0.05) is 11.3 Å². The van der Waals surface area contributed by atoms with Crippen molar-refractivity contribution in [3.05, 3.63) is 38.5 Å². The molecule has 1 unspecified atom stereocenters. The quantitative estimate of drug-likeness (QED) is 0.814. The largest absolute Gasteiger partial charge is 0.462 e. The number of amides is 1. The summed E-state index contributed by atoms with van der Waals surface area (Å²) in [5, 5.41) is 2.92. The van der Waals surface area contributed by atoms with Crippen LogP contribution in [0.25, 0.3) is 0 Å². The van der Waals surface area contributed by atoms with Gasteiger partial charge in [0.1, 0.15) is 10.9 Å². The lowest BCUT2D eigenvalue weighted by molar-refractivity contribution is -0.118. The molecule has 0 saturated heterocycles. The number of carbonyl (C=O) groups excluding carboxylic acids is 2. The molecule has 0 bridgehead atoms. The van der Waals surface area contributed by atoms with Crippen LogP contribution >= 0.6 is 11.3 Å². The van der Waals surface area contributed by atoms with E-state index in [1.807, 2.05) is 0 Å². The molecule has 0 aromatic carbocycles. The molecule has 1 amide bonds. The summed E-state index contributed by atoms with van der Waals surface area (Å²) in [5.74, 6) is -0.888. The summed E-state index contributed by atoms with van der Waals surface area (Å²) in [6.07, 6.45) is 0. The Morgan fingerprint density at radius 2 is 2.00 bits per heavy atom. The Kier molecular flexibility index (Phi) is 5.68. The third-order valence-electron chi connectivity index (χ3n) is 3.53. The number of aromatic nitrogens is 3. The average Bonchev–Trinajstić information content (AvgIpc) is 2.86. The van der Waals surface area contributed by atoms with Gasteiger partial charge in [0.2, 0.25) is 5.91 Å². The second kappa shape index (κ2) is 7.56. The van der Waals surface area contributed by atoms with Gasteiger partial charge in [0.25, 0.3) is 0 Å². The van der Waals surface area contributed by atoms with Crippen LogP contribution in [-0.4, -0.2) is 33.0 Å². The Labute approximate surface area is 148 Å². The van der Waals surface area contributed by atoms with Crippen molar-refractivity contribution < 1.29 is 14.3 Å². The van der Waals surface area contributed by atoms with E-state index in [2.05, 4.69) is 15.3 Å². The van der Waals surface area contributed by atoms with Crippen molar-refractivity contribution in [2.75, 3.05) is 11.9 Å². The minimum Gasteiger partial charge on any atom is -0.462 e. The first kappa shape index (κ1) is 18.8. The van der Waals surface area contributed by atoms with Gasteiger partial charge in [0.05, 0.1) is 12.3 Å². The average molecular weight is 364 g/mol. The van der Waals surface area contributed by atoms with Crippen LogP contribution in [0.4, 0.5) is 5.13 Å². The van der Waals surface area contributed by atoms with Crippen molar-refractivity contribution in [3.8, 4) is 0 Å². The number of carbonyl (C=O) groups is 2. The molecule has 0 fully saturated rings. The Morgan fingerprint density at radius 3 is 2.60 bits per heavy atom. The molecule has 1 atom stereocenters. The third kappa shape index (κ3) is 4.11. The highest BCUT2D eigenvalue weighted by atomic mass is 32.1. The number of nitrogens with zero attached hydrogens (tertiary/aromatic N) is 3. The second-order valence-corrected chi connectivity index (χ2v) is 6.51. The van der Waals surface area contributed by atoms with Crippen LogP contribution in [0.2, 0.25) is 0 Å². The monoisotopic (exact) mass is 364 g/mol. The van der Waals surface area contributed by atoms with Crippen LogP contribution in [0, 0.1) is 20.8 Å².